The van der Waals surface area contributed by atoms with Crippen LogP contribution in [0.25, 0.3) is 0 Å². The summed E-state index contributed by atoms with van der Waals surface area (Å²) in [6.07, 6.45) is 10.2. The molecule has 0 atom stereocenters. The Kier molecular flexibility index (Phi) is 5.37. The Balaban J connectivity index is 1.68. The van der Waals surface area contributed by atoms with Gasteiger partial charge in [-0.05, 0) is 25.7 Å². The maximum absolute atomic E-state index is 11.1. The topological polar surface area (TPSA) is 104 Å². The van der Waals surface area contributed by atoms with Gasteiger partial charge in [0.2, 0.25) is 0 Å². The molecule has 1 aliphatic carbocycles. The molecule has 2 fully saturated rings. The number of nitrogens with one attached hydrogen (secondary N) is 1. The zero-order valence-electron chi connectivity index (χ0n) is 14.1. The summed E-state index contributed by atoms with van der Waals surface area (Å²) in [6, 6.07) is 0.426. The molecule has 0 aromatic carbocycles. The van der Waals surface area contributed by atoms with Gasteiger partial charge in [0.05, 0.1) is 5.92 Å². The third-order valence-electron chi connectivity index (χ3n) is 5.20. The molecule has 7 nitrogen and oxygen atoms in total. The maximum atomic E-state index is 11.1. The summed E-state index contributed by atoms with van der Waals surface area (Å²) in [4.78, 5) is 21.8. The van der Waals surface area contributed by atoms with E-state index >= 15 is 0 Å². The van der Waals surface area contributed by atoms with Gasteiger partial charge in [0.15, 0.2) is 11.6 Å². The summed E-state index contributed by atoms with van der Waals surface area (Å²) >= 11 is 0. The highest BCUT2D eigenvalue weighted by Gasteiger charge is 2.27. The minimum absolute atomic E-state index is 0.257. The number of carboxylic acids is 1. The van der Waals surface area contributed by atoms with E-state index in [4.69, 9.17) is 10.8 Å². The van der Waals surface area contributed by atoms with E-state index < -0.39 is 5.97 Å². The molecule has 0 amide bonds. The first-order chi connectivity index (χ1) is 11.6. The van der Waals surface area contributed by atoms with Crippen molar-refractivity contribution in [2.45, 2.75) is 57.4 Å². The normalized spacial score (nSPS) is 20.6. The van der Waals surface area contributed by atoms with Crippen LogP contribution in [0.15, 0.2) is 6.33 Å². The van der Waals surface area contributed by atoms with Crippen molar-refractivity contribution in [3.05, 3.63) is 6.33 Å². The lowest BCUT2D eigenvalue weighted by Crippen LogP contribution is -2.37. The standard InChI is InChI=1S/C17H27N5O2/c18-14-15(21-13-5-3-1-2-4-6-13)19-11-20-16(14)22-9-7-12(8-10-22)17(23)24/h11-13H,1-10,18H2,(H,23,24)(H,19,20,21). The van der Waals surface area contributed by atoms with Crippen molar-refractivity contribution in [1.82, 2.24) is 9.97 Å². The zero-order valence-corrected chi connectivity index (χ0v) is 14.1. The van der Waals surface area contributed by atoms with Gasteiger partial charge in [0, 0.05) is 19.1 Å². The van der Waals surface area contributed by atoms with E-state index in [1.54, 1.807) is 6.33 Å². The number of hydrogen-bond acceptors (Lipinski definition) is 6. The van der Waals surface area contributed by atoms with Gasteiger partial charge in [-0.1, -0.05) is 25.7 Å². The fourth-order valence-corrected chi connectivity index (χ4v) is 3.71. The van der Waals surface area contributed by atoms with Gasteiger partial charge in [-0.25, -0.2) is 9.97 Å². The number of nitrogen functional groups attached to an aromatic ring is 1. The van der Waals surface area contributed by atoms with Crippen molar-refractivity contribution in [2.24, 2.45) is 5.92 Å². The third kappa shape index (κ3) is 3.88. The molecule has 2 heterocycles. The van der Waals surface area contributed by atoms with Crippen molar-refractivity contribution < 1.29 is 9.90 Å². The minimum Gasteiger partial charge on any atom is -0.481 e. The Morgan fingerprint density at radius 1 is 1.12 bits per heavy atom. The molecule has 0 bridgehead atoms. The fraction of sp³-hybridized carbons (Fsp3) is 0.706. The SMILES string of the molecule is Nc1c(NC2CCCCCC2)ncnc1N1CCC(C(=O)O)CC1. The lowest BCUT2D eigenvalue weighted by atomic mass is 9.97. The molecule has 1 saturated carbocycles. The van der Waals surface area contributed by atoms with E-state index in [-0.39, 0.29) is 5.92 Å². The average molecular weight is 333 g/mol. The molecule has 0 spiro atoms. The van der Waals surface area contributed by atoms with Crippen LogP contribution in [0.1, 0.15) is 51.4 Å². The molecule has 3 rings (SSSR count). The first-order valence-electron chi connectivity index (χ1n) is 9.00. The lowest BCUT2D eigenvalue weighted by molar-refractivity contribution is -0.142. The number of carboxylic acid groups (broad SMARTS) is 1. The van der Waals surface area contributed by atoms with Crippen LogP contribution in [0.2, 0.25) is 0 Å². The largest absolute Gasteiger partial charge is 0.481 e. The predicted molar refractivity (Wildman–Crippen MR) is 94.1 cm³/mol. The monoisotopic (exact) mass is 333 g/mol. The van der Waals surface area contributed by atoms with Crippen molar-refractivity contribution in [3.8, 4) is 0 Å². The third-order valence-corrected chi connectivity index (χ3v) is 5.20. The number of aliphatic carboxylic acids is 1. The van der Waals surface area contributed by atoms with Crippen LogP contribution in [-0.4, -0.2) is 40.2 Å². The quantitative estimate of drug-likeness (QED) is 0.727. The van der Waals surface area contributed by atoms with Gasteiger partial charge in [0.1, 0.15) is 12.0 Å². The van der Waals surface area contributed by atoms with Crippen LogP contribution in [-0.2, 0) is 4.79 Å². The molecular weight excluding hydrogens is 306 g/mol. The second-order valence-electron chi connectivity index (χ2n) is 6.89. The highest BCUT2D eigenvalue weighted by atomic mass is 16.4. The second kappa shape index (κ2) is 7.68. The smallest absolute Gasteiger partial charge is 0.306 e. The van der Waals surface area contributed by atoms with Gasteiger partial charge in [-0.3, -0.25) is 4.79 Å². The summed E-state index contributed by atoms with van der Waals surface area (Å²) in [7, 11) is 0. The molecule has 0 radical (unpaired) electrons. The Morgan fingerprint density at radius 2 is 1.79 bits per heavy atom. The first-order valence-corrected chi connectivity index (χ1v) is 9.00. The van der Waals surface area contributed by atoms with Crippen LogP contribution >= 0.6 is 0 Å². The van der Waals surface area contributed by atoms with Gasteiger partial charge in [-0.2, -0.15) is 0 Å². The van der Waals surface area contributed by atoms with E-state index in [2.05, 4.69) is 20.2 Å². The number of anilines is 3. The van der Waals surface area contributed by atoms with Gasteiger partial charge in [0.25, 0.3) is 0 Å². The Labute approximate surface area is 142 Å². The van der Waals surface area contributed by atoms with Crippen molar-refractivity contribution >= 4 is 23.3 Å². The number of nitrogens with zero attached hydrogens (tertiary/aromatic N) is 3. The number of carbonyl (C=O) groups is 1. The van der Waals surface area contributed by atoms with E-state index in [9.17, 15) is 4.79 Å². The van der Waals surface area contributed by atoms with Crippen LogP contribution in [0.4, 0.5) is 17.3 Å². The Morgan fingerprint density at radius 3 is 2.42 bits per heavy atom. The molecular formula is C17H27N5O2. The summed E-state index contributed by atoms with van der Waals surface area (Å²) in [5, 5.41) is 12.6. The fourth-order valence-electron chi connectivity index (χ4n) is 3.71. The molecule has 132 valence electrons. The van der Waals surface area contributed by atoms with E-state index in [1.807, 2.05) is 0 Å². The minimum atomic E-state index is -0.707. The summed E-state index contributed by atoms with van der Waals surface area (Å²) in [5.41, 5.74) is 6.90. The van der Waals surface area contributed by atoms with E-state index in [0.29, 0.717) is 43.5 Å². The molecule has 1 aromatic rings. The highest BCUT2D eigenvalue weighted by molar-refractivity contribution is 5.76. The lowest BCUT2D eigenvalue weighted by Gasteiger charge is -2.32. The average Bonchev–Trinajstić information content (AvgIpc) is 2.85. The zero-order chi connectivity index (χ0) is 16.9. The van der Waals surface area contributed by atoms with E-state index in [1.165, 1.54) is 25.7 Å². The number of piperidine rings is 1. The molecule has 7 heteroatoms. The number of hydrogen-bond donors (Lipinski definition) is 3. The van der Waals surface area contributed by atoms with E-state index in [0.717, 1.165) is 18.7 Å². The molecule has 24 heavy (non-hydrogen) atoms. The van der Waals surface area contributed by atoms with Gasteiger partial charge >= 0.3 is 5.97 Å². The molecule has 2 aliphatic rings. The molecule has 1 aliphatic heterocycles. The molecule has 0 unspecified atom stereocenters. The van der Waals surface area contributed by atoms with Gasteiger partial charge in [-0.15, -0.1) is 0 Å². The molecule has 4 N–H and O–H groups in total. The number of rotatable bonds is 4. The molecule has 1 aromatic heterocycles. The summed E-state index contributed by atoms with van der Waals surface area (Å²) in [5.74, 6) is 0.478. The number of nitrogens with two attached hydrogens (primary N) is 1. The van der Waals surface area contributed by atoms with Crippen LogP contribution < -0.4 is 16.0 Å². The summed E-state index contributed by atoms with van der Waals surface area (Å²) < 4.78 is 0. The van der Waals surface area contributed by atoms with Crippen LogP contribution in [0, 0.1) is 5.92 Å². The summed E-state index contributed by atoms with van der Waals surface area (Å²) in [6.45, 7) is 1.34. The maximum Gasteiger partial charge on any atom is 0.306 e. The Bertz CT molecular complexity index is 564. The van der Waals surface area contributed by atoms with Crippen LogP contribution in [0.3, 0.4) is 0 Å². The van der Waals surface area contributed by atoms with Crippen molar-refractivity contribution in [1.29, 1.82) is 0 Å². The first kappa shape index (κ1) is 16.8. The second-order valence-corrected chi connectivity index (χ2v) is 6.89. The highest BCUT2D eigenvalue weighted by Crippen LogP contribution is 2.31. The van der Waals surface area contributed by atoms with Crippen molar-refractivity contribution in [3.63, 3.8) is 0 Å². The molecule has 1 saturated heterocycles. The Hall–Kier alpha value is -2.05. The van der Waals surface area contributed by atoms with Crippen molar-refractivity contribution in [2.75, 3.05) is 29.0 Å². The van der Waals surface area contributed by atoms with Gasteiger partial charge < -0.3 is 21.1 Å². The van der Waals surface area contributed by atoms with Crippen LogP contribution in [0.5, 0.6) is 0 Å². The number of aromatic nitrogens is 2. The predicted octanol–water partition coefficient (Wildman–Crippen LogP) is 2.49.